The van der Waals surface area contributed by atoms with Gasteiger partial charge in [0.1, 0.15) is 0 Å². The summed E-state index contributed by atoms with van der Waals surface area (Å²) in [5.41, 5.74) is 1.49. The van der Waals surface area contributed by atoms with Gasteiger partial charge < -0.3 is 19.7 Å². The molecule has 0 spiro atoms. The quantitative estimate of drug-likeness (QED) is 0.303. The molecule has 0 saturated carbocycles. The first-order valence-electron chi connectivity index (χ1n) is 8.97. The second-order valence-electron chi connectivity index (χ2n) is 6.53. The number of hydrogen-bond acceptors (Lipinski definition) is 6. The first-order chi connectivity index (χ1) is 13.2. The van der Waals surface area contributed by atoms with Crippen LogP contribution in [0.5, 0.6) is 11.5 Å². The number of thiocarbonyl (C=S) groups is 1. The number of ketones is 1. The van der Waals surface area contributed by atoms with Crippen LogP contribution in [0, 0.1) is 10.1 Å². The highest BCUT2D eigenvalue weighted by Gasteiger charge is 2.33. The molecule has 1 N–H and O–H groups in total. The molecule has 1 aromatic rings. The number of nitrogens with zero attached hydrogens (tertiary/aromatic N) is 2. The third-order valence-electron chi connectivity index (χ3n) is 4.69. The molecule has 0 bridgehead atoms. The zero-order chi connectivity index (χ0) is 21.0. The van der Waals surface area contributed by atoms with Gasteiger partial charge in [-0.05, 0) is 44.1 Å². The standard InChI is InChI=1S/C19H25N3O5S/c1-6-7-8-27-18-14(22(24)25)9-13(10-15(18)26-5)17-16(12(3)23)11(2)21(4)19(28)20-17/h9-10,17H,6-8H2,1-5H3,(H,20,28). The van der Waals surface area contributed by atoms with Crippen molar-refractivity contribution in [2.75, 3.05) is 20.8 Å². The number of allylic oxidation sites excluding steroid dienone is 1. The van der Waals surface area contributed by atoms with Gasteiger partial charge in [0.2, 0.25) is 5.75 Å². The van der Waals surface area contributed by atoms with Gasteiger partial charge in [0.15, 0.2) is 16.6 Å². The molecular weight excluding hydrogens is 382 g/mol. The molecule has 1 unspecified atom stereocenters. The molecule has 0 fully saturated rings. The Kier molecular flexibility index (Phi) is 6.95. The number of nitrogens with one attached hydrogen (secondary N) is 1. The van der Waals surface area contributed by atoms with E-state index in [9.17, 15) is 14.9 Å². The fourth-order valence-electron chi connectivity index (χ4n) is 3.07. The minimum Gasteiger partial charge on any atom is -0.493 e. The van der Waals surface area contributed by atoms with E-state index in [-0.39, 0.29) is 23.0 Å². The Balaban J connectivity index is 2.62. The van der Waals surface area contributed by atoms with Crippen molar-refractivity contribution in [3.63, 3.8) is 0 Å². The number of rotatable bonds is 8. The molecule has 0 radical (unpaired) electrons. The molecule has 1 heterocycles. The lowest BCUT2D eigenvalue weighted by atomic mass is 9.92. The average molecular weight is 407 g/mol. The van der Waals surface area contributed by atoms with Gasteiger partial charge >= 0.3 is 5.69 Å². The molecule has 1 aromatic carbocycles. The summed E-state index contributed by atoms with van der Waals surface area (Å²) in [5, 5.41) is 15.2. The van der Waals surface area contributed by atoms with Crippen LogP contribution in [0.3, 0.4) is 0 Å². The van der Waals surface area contributed by atoms with E-state index in [4.69, 9.17) is 21.7 Å². The van der Waals surface area contributed by atoms with Gasteiger partial charge in [-0.25, -0.2) is 0 Å². The summed E-state index contributed by atoms with van der Waals surface area (Å²) < 4.78 is 11.0. The van der Waals surface area contributed by atoms with E-state index in [1.54, 1.807) is 24.9 Å². The summed E-state index contributed by atoms with van der Waals surface area (Å²) in [6.45, 7) is 5.61. The summed E-state index contributed by atoms with van der Waals surface area (Å²) in [6, 6.07) is 2.44. The second kappa shape index (κ2) is 9.01. The fourth-order valence-corrected chi connectivity index (χ4v) is 3.32. The van der Waals surface area contributed by atoms with E-state index in [0.717, 1.165) is 12.8 Å². The molecule has 1 aliphatic heterocycles. The summed E-state index contributed by atoms with van der Waals surface area (Å²) in [7, 11) is 3.19. The van der Waals surface area contributed by atoms with Crippen molar-refractivity contribution in [2.45, 2.75) is 39.7 Å². The SMILES string of the molecule is CCCCOc1c(OC)cc(C2NC(=S)N(C)C(C)=C2C(C)=O)cc1[N+](=O)[O-]. The third kappa shape index (κ3) is 4.24. The van der Waals surface area contributed by atoms with E-state index < -0.39 is 11.0 Å². The number of hydrogen-bond donors (Lipinski definition) is 1. The Bertz CT molecular complexity index is 837. The molecule has 28 heavy (non-hydrogen) atoms. The van der Waals surface area contributed by atoms with Gasteiger partial charge in [-0.1, -0.05) is 13.3 Å². The summed E-state index contributed by atoms with van der Waals surface area (Å²) in [4.78, 5) is 25.2. The molecule has 0 aromatic heterocycles. The van der Waals surface area contributed by atoms with Crippen molar-refractivity contribution in [2.24, 2.45) is 0 Å². The van der Waals surface area contributed by atoms with Crippen molar-refractivity contribution >= 4 is 28.8 Å². The minimum absolute atomic E-state index is 0.0882. The van der Waals surface area contributed by atoms with E-state index in [0.29, 0.717) is 28.6 Å². The number of Topliss-reactive ketones (excluding diaryl/α,β-unsaturated/α-hetero) is 1. The number of nitro benzene ring substituents is 1. The van der Waals surface area contributed by atoms with Gasteiger partial charge in [0.25, 0.3) is 0 Å². The normalized spacial score (nSPS) is 16.7. The van der Waals surface area contributed by atoms with Crippen LogP contribution >= 0.6 is 12.2 Å². The lowest BCUT2D eigenvalue weighted by molar-refractivity contribution is -0.386. The number of methoxy groups -OCH3 is 1. The lowest BCUT2D eigenvalue weighted by Gasteiger charge is -2.35. The van der Waals surface area contributed by atoms with Crippen LogP contribution in [0.25, 0.3) is 0 Å². The molecular formula is C19H25N3O5S. The van der Waals surface area contributed by atoms with Crippen molar-refractivity contribution in [1.82, 2.24) is 10.2 Å². The van der Waals surface area contributed by atoms with Crippen molar-refractivity contribution in [1.29, 1.82) is 0 Å². The van der Waals surface area contributed by atoms with Gasteiger partial charge in [-0.2, -0.15) is 0 Å². The summed E-state index contributed by atoms with van der Waals surface area (Å²) in [6.07, 6.45) is 1.67. The Morgan fingerprint density at radius 1 is 1.43 bits per heavy atom. The van der Waals surface area contributed by atoms with Crippen molar-refractivity contribution < 1.29 is 19.2 Å². The van der Waals surface area contributed by atoms with Gasteiger partial charge in [0.05, 0.1) is 24.7 Å². The van der Waals surface area contributed by atoms with Crippen LogP contribution < -0.4 is 14.8 Å². The summed E-state index contributed by atoms with van der Waals surface area (Å²) >= 11 is 5.34. The topological polar surface area (TPSA) is 93.9 Å². The molecule has 0 aliphatic carbocycles. The van der Waals surface area contributed by atoms with Gasteiger partial charge in [0, 0.05) is 24.4 Å². The first kappa shape index (κ1) is 21.6. The zero-order valence-electron chi connectivity index (χ0n) is 16.7. The number of nitro groups is 1. The molecule has 0 saturated heterocycles. The van der Waals surface area contributed by atoms with Crippen molar-refractivity contribution in [3.8, 4) is 11.5 Å². The van der Waals surface area contributed by atoms with E-state index in [1.807, 2.05) is 6.92 Å². The van der Waals surface area contributed by atoms with Crippen LogP contribution in [-0.4, -0.2) is 41.5 Å². The molecule has 0 amide bonds. The van der Waals surface area contributed by atoms with Crippen LogP contribution in [0.15, 0.2) is 23.4 Å². The number of unbranched alkanes of at least 4 members (excludes halogenated alkanes) is 1. The van der Waals surface area contributed by atoms with E-state index in [2.05, 4.69) is 5.32 Å². The zero-order valence-corrected chi connectivity index (χ0v) is 17.5. The number of benzene rings is 1. The highest BCUT2D eigenvalue weighted by Crippen LogP contribution is 2.42. The predicted octanol–water partition coefficient (Wildman–Crippen LogP) is 3.51. The van der Waals surface area contributed by atoms with Crippen LogP contribution in [0.4, 0.5) is 5.69 Å². The average Bonchev–Trinajstić information content (AvgIpc) is 2.65. The monoisotopic (exact) mass is 407 g/mol. The maximum Gasteiger partial charge on any atom is 0.315 e. The molecule has 2 rings (SSSR count). The predicted molar refractivity (Wildman–Crippen MR) is 110 cm³/mol. The summed E-state index contributed by atoms with van der Waals surface area (Å²) in [5.74, 6) is 0.187. The Labute approximate surface area is 169 Å². The van der Waals surface area contributed by atoms with Gasteiger partial charge in [-0.15, -0.1) is 0 Å². The highest BCUT2D eigenvalue weighted by molar-refractivity contribution is 7.80. The second-order valence-corrected chi connectivity index (χ2v) is 6.91. The number of carbonyl (C=O) groups excluding carboxylic acids is 1. The highest BCUT2D eigenvalue weighted by atomic mass is 32.1. The van der Waals surface area contributed by atoms with Crippen LogP contribution in [0.2, 0.25) is 0 Å². The fraction of sp³-hybridized carbons (Fsp3) is 0.474. The maximum absolute atomic E-state index is 12.3. The lowest BCUT2D eigenvalue weighted by Crippen LogP contribution is -2.45. The minimum atomic E-state index is -0.613. The Hall–Kier alpha value is -2.68. The molecule has 1 aliphatic rings. The Morgan fingerprint density at radius 2 is 2.11 bits per heavy atom. The molecule has 152 valence electrons. The van der Waals surface area contributed by atoms with Crippen molar-refractivity contribution in [3.05, 3.63) is 39.1 Å². The smallest absolute Gasteiger partial charge is 0.315 e. The van der Waals surface area contributed by atoms with E-state index >= 15 is 0 Å². The number of carbonyl (C=O) groups is 1. The molecule has 9 heteroatoms. The maximum atomic E-state index is 12.3. The first-order valence-corrected chi connectivity index (χ1v) is 9.38. The van der Waals surface area contributed by atoms with Crippen LogP contribution in [-0.2, 0) is 4.79 Å². The van der Waals surface area contributed by atoms with Crippen LogP contribution in [0.1, 0.15) is 45.2 Å². The van der Waals surface area contributed by atoms with Gasteiger partial charge in [-0.3, -0.25) is 14.9 Å². The number of ether oxygens (including phenoxy) is 2. The molecule has 8 nitrogen and oxygen atoms in total. The van der Waals surface area contributed by atoms with E-state index in [1.165, 1.54) is 20.1 Å². The largest absolute Gasteiger partial charge is 0.493 e. The Morgan fingerprint density at radius 3 is 2.64 bits per heavy atom. The third-order valence-corrected chi connectivity index (χ3v) is 5.08. The molecule has 1 atom stereocenters.